The number of likely N-dealkylation sites (N-methyl/N-ethyl adjacent to an activating group) is 1. The third kappa shape index (κ3) is 2.46. The van der Waals surface area contributed by atoms with E-state index < -0.39 is 0 Å². The van der Waals surface area contributed by atoms with Crippen LogP contribution in [0.15, 0.2) is 30.3 Å². The van der Waals surface area contributed by atoms with E-state index in [-0.39, 0.29) is 10.6 Å². The topological polar surface area (TPSA) is 94.2 Å². The Kier molecular flexibility index (Phi) is 3.96. The number of ether oxygens (including phenoxy) is 1. The van der Waals surface area contributed by atoms with Gasteiger partial charge in [-0.05, 0) is 30.8 Å². The molecule has 2 N–H and O–H groups in total. The Labute approximate surface area is 149 Å². The molecule has 26 heavy (non-hydrogen) atoms. The van der Waals surface area contributed by atoms with Crippen LogP contribution >= 0.6 is 0 Å². The van der Waals surface area contributed by atoms with Gasteiger partial charge < -0.3 is 15.4 Å². The van der Waals surface area contributed by atoms with Crippen molar-refractivity contribution in [2.75, 3.05) is 25.5 Å². The first-order valence-corrected chi connectivity index (χ1v) is 8.48. The van der Waals surface area contributed by atoms with Crippen LogP contribution in [0.4, 0.5) is 17.1 Å². The summed E-state index contributed by atoms with van der Waals surface area (Å²) in [7, 11) is 1.61. The number of aromatic nitrogens is 2. The summed E-state index contributed by atoms with van der Waals surface area (Å²) in [4.78, 5) is 11.1. The van der Waals surface area contributed by atoms with Crippen molar-refractivity contribution >= 4 is 28.0 Å². The summed E-state index contributed by atoms with van der Waals surface area (Å²) in [5.74, 6) is 0.717. The Morgan fingerprint density at radius 1 is 1.35 bits per heavy atom. The normalized spacial score (nSPS) is 11.9. The third-order valence-corrected chi connectivity index (χ3v) is 4.59. The minimum Gasteiger partial charge on any atom is -0.497 e. The zero-order chi connectivity index (χ0) is 18.3. The van der Waals surface area contributed by atoms with Crippen molar-refractivity contribution in [2.24, 2.45) is 0 Å². The minimum absolute atomic E-state index is 0.0476. The van der Waals surface area contributed by atoms with Crippen LogP contribution in [-0.2, 0) is 6.54 Å². The van der Waals surface area contributed by atoms with E-state index in [1.165, 1.54) is 6.07 Å². The van der Waals surface area contributed by atoms with Crippen molar-refractivity contribution in [3.05, 3.63) is 40.4 Å². The van der Waals surface area contributed by atoms with Crippen molar-refractivity contribution in [1.82, 2.24) is 15.1 Å². The van der Waals surface area contributed by atoms with Crippen LogP contribution in [-0.4, -0.2) is 34.9 Å². The molecule has 0 saturated heterocycles. The first kappa shape index (κ1) is 16.3. The molecular weight excluding hydrogens is 334 g/mol. The summed E-state index contributed by atoms with van der Waals surface area (Å²) in [5.41, 5.74) is 3.82. The first-order chi connectivity index (χ1) is 12.6. The molecule has 0 unspecified atom stereocenters. The summed E-state index contributed by atoms with van der Waals surface area (Å²) >= 11 is 0. The van der Waals surface area contributed by atoms with Gasteiger partial charge in [0.05, 0.1) is 29.5 Å². The summed E-state index contributed by atoms with van der Waals surface area (Å²) < 4.78 is 7.23. The molecular formula is C18H19N5O3. The Bertz CT molecular complexity index is 1010. The molecule has 1 aliphatic heterocycles. The van der Waals surface area contributed by atoms with E-state index in [1.807, 2.05) is 22.9 Å². The number of nitrogens with zero attached hydrogens (tertiary/aromatic N) is 3. The molecule has 3 aromatic rings. The molecule has 0 saturated carbocycles. The van der Waals surface area contributed by atoms with Crippen LogP contribution in [0, 0.1) is 10.1 Å². The van der Waals surface area contributed by atoms with Crippen LogP contribution in [0.3, 0.4) is 0 Å². The van der Waals surface area contributed by atoms with Crippen molar-refractivity contribution in [3.63, 3.8) is 0 Å². The van der Waals surface area contributed by atoms with Crippen LogP contribution in [0.25, 0.3) is 22.2 Å². The molecule has 1 aromatic heterocycles. The van der Waals surface area contributed by atoms with Crippen molar-refractivity contribution in [3.8, 4) is 17.0 Å². The quantitative estimate of drug-likeness (QED) is 0.314. The molecule has 0 fully saturated rings. The zero-order valence-electron chi connectivity index (χ0n) is 14.6. The van der Waals surface area contributed by atoms with Gasteiger partial charge in [-0.2, -0.15) is 5.10 Å². The average Bonchev–Trinajstić information content (AvgIpc) is 3.02. The predicted octanol–water partition coefficient (Wildman–Crippen LogP) is 3.29. The van der Waals surface area contributed by atoms with E-state index in [9.17, 15) is 10.1 Å². The number of methoxy groups -OCH3 is 1. The van der Waals surface area contributed by atoms with E-state index in [2.05, 4.69) is 17.6 Å². The van der Waals surface area contributed by atoms with Crippen LogP contribution in [0.2, 0.25) is 0 Å². The lowest BCUT2D eigenvalue weighted by Gasteiger charge is -2.18. The number of nitro groups is 1. The number of fused-ring (bicyclic) bond motifs is 2. The molecule has 0 radical (unpaired) electrons. The van der Waals surface area contributed by atoms with Gasteiger partial charge in [0.25, 0.3) is 5.69 Å². The number of anilines is 2. The fourth-order valence-corrected chi connectivity index (χ4v) is 3.35. The lowest BCUT2D eigenvalue weighted by molar-refractivity contribution is -0.383. The van der Waals surface area contributed by atoms with E-state index in [1.54, 1.807) is 13.2 Å². The second kappa shape index (κ2) is 6.30. The predicted molar refractivity (Wildman–Crippen MR) is 100 cm³/mol. The Hall–Kier alpha value is -3.13. The summed E-state index contributed by atoms with van der Waals surface area (Å²) in [5, 5.41) is 23.5. The minimum atomic E-state index is -0.365. The summed E-state index contributed by atoms with van der Waals surface area (Å²) in [6.45, 7) is 4.39. The molecule has 2 heterocycles. The maximum Gasteiger partial charge on any atom is 0.293 e. The van der Waals surface area contributed by atoms with Crippen molar-refractivity contribution < 1.29 is 9.66 Å². The standard InChI is InChI=1S/C18H19N5O3/c1-3-19-8-9-22-14-6-7-15(23(24)25)18-16(14)17(21-22)12-10-11(26-2)4-5-13(12)20-18/h4-7,10,19-20H,3,8-9H2,1-2H3. The largest absolute Gasteiger partial charge is 0.497 e. The van der Waals surface area contributed by atoms with Gasteiger partial charge >= 0.3 is 0 Å². The Balaban J connectivity index is 1.96. The van der Waals surface area contributed by atoms with Gasteiger partial charge in [-0.25, -0.2) is 0 Å². The highest BCUT2D eigenvalue weighted by molar-refractivity contribution is 6.12. The number of hydrogen-bond acceptors (Lipinski definition) is 6. The first-order valence-electron chi connectivity index (χ1n) is 8.48. The maximum absolute atomic E-state index is 11.5. The fourth-order valence-electron chi connectivity index (χ4n) is 3.35. The van der Waals surface area contributed by atoms with E-state index in [0.717, 1.165) is 46.7 Å². The second-order valence-electron chi connectivity index (χ2n) is 6.07. The van der Waals surface area contributed by atoms with Gasteiger partial charge in [0, 0.05) is 23.9 Å². The highest BCUT2D eigenvalue weighted by Crippen LogP contribution is 2.47. The molecule has 0 spiro atoms. The van der Waals surface area contributed by atoms with Crippen LogP contribution < -0.4 is 15.4 Å². The second-order valence-corrected chi connectivity index (χ2v) is 6.07. The van der Waals surface area contributed by atoms with Gasteiger partial charge in [-0.1, -0.05) is 6.92 Å². The Morgan fingerprint density at radius 3 is 2.92 bits per heavy atom. The molecule has 8 nitrogen and oxygen atoms in total. The molecule has 1 aliphatic rings. The SMILES string of the molecule is CCNCCn1nc2c3c(c([N+](=O)[O-])ccc31)Nc1ccc(OC)cc1-2. The van der Waals surface area contributed by atoms with Crippen LogP contribution in [0.1, 0.15) is 6.92 Å². The molecule has 4 rings (SSSR count). The number of rotatable bonds is 6. The van der Waals surface area contributed by atoms with Gasteiger partial charge in [0.2, 0.25) is 0 Å². The fraction of sp³-hybridized carbons (Fsp3) is 0.278. The van der Waals surface area contributed by atoms with Gasteiger partial charge in [-0.15, -0.1) is 0 Å². The smallest absolute Gasteiger partial charge is 0.293 e. The number of nitro benzene ring substituents is 1. The van der Waals surface area contributed by atoms with Gasteiger partial charge in [0.15, 0.2) is 0 Å². The number of benzene rings is 2. The molecule has 0 amide bonds. The molecule has 134 valence electrons. The number of nitrogens with one attached hydrogen (secondary N) is 2. The highest BCUT2D eigenvalue weighted by Gasteiger charge is 2.29. The van der Waals surface area contributed by atoms with Gasteiger partial charge in [-0.3, -0.25) is 14.8 Å². The molecule has 2 aromatic carbocycles. The zero-order valence-corrected chi connectivity index (χ0v) is 14.6. The number of hydrogen-bond donors (Lipinski definition) is 2. The monoisotopic (exact) mass is 353 g/mol. The lowest BCUT2D eigenvalue weighted by atomic mass is 9.99. The summed E-state index contributed by atoms with van der Waals surface area (Å²) in [6, 6.07) is 8.89. The summed E-state index contributed by atoms with van der Waals surface area (Å²) in [6.07, 6.45) is 0. The van der Waals surface area contributed by atoms with E-state index in [4.69, 9.17) is 9.84 Å². The van der Waals surface area contributed by atoms with Crippen molar-refractivity contribution in [1.29, 1.82) is 0 Å². The van der Waals surface area contributed by atoms with Crippen LogP contribution in [0.5, 0.6) is 5.75 Å². The molecule has 0 aliphatic carbocycles. The molecule has 0 atom stereocenters. The van der Waals surface area contributed by atoms with Crippen molar-refractivity contribution in [2.45, 2.75) is 13.5 Å². The van der Waals surface area contributed by atoms with E-state index >= 15 is 0 Å². The molecule has 0 bridgehead atoms. The Morgan fingerprint density at radius 2 is 2.19 bits per heavy atom. The maximum atomic E-state index is 11.5. The lowest BCUT2D eigenvalue weighted by Crippen LogP contribution is -2.19. The van der Waals surface area contributed by atoms with Gasteiger partial charge in [0.1, 0.15) is 17.1 Å². The molecule has 8 heteroatoms. The highest BCUT2D eigenvalue weighted by atomic mass is 16.6. The van der Waals surface area contributed by atoms with E-state index in [0.29, 0.717) is 12.2 Å². The average molecular weight is 353 g/mol. The third-order valence-electron chi connectivity index (χ3n) is 4.59.